The molecular formula is C9H13NO2. The number of β-amino-alcohol motifs (C(OH)–C–C–N with tert-alkyl or cyclic N) is 1. The lowest BCUT2D eigenvalue weighted by atomic mass is 10.2. The van der Waals surface area contributed by atoms with Crippen LogP contribution in [-0.4, -0.2) is 34.6 Å². The Balaban J connectivity index is 1.99. The molecule has 1 unspecified atom stereocenters. The van der Waals surface area contributed by atoms with Crippen LogP contribution >= 0.6 is 0 Å². The first-order valence-electron chi connectivity index (χ1n) is 4.40. The van der Waals surface area contributed by atoms with Crippen molar-refractivity contribution in [3.8, 4) is 0 Å². The lowest BCUT2D eigenvalue weighted by molar-refractivity contribution is -0.129. The Labute approximate surface area is 71.7 Å². The minimum Gasteiger partial charge on any atom is -0.391 e. The Bertz CT molecular complexity index is 217. The van der Waals surface area contributed by atoms with Crippen LogP contribution in [0.5, 0.6) is 0 Å². The highest BCUT2D eigenvalue weighted by atomic mass is 16.3. The first-order valence-corrected chi connectivity index (χ1v) is 4.40. The van der Waals surface area contributed by atoms with Crippen molar-refractivity contribution < 1.29 is 9.90 Å². The van der Waals surface area contributed by atoms with E-state index in [-0.39, 0.29) is 5.91 Å². The number of aliphatic hydroxyl groups excluding tert-OH is 1. The van der Waals surface area contributed by atoms with Gasteiger partial charge in [-0.2, -0.15) is 0 Å². The van der Waals surface area contributed by atoms with Crippen molar-refractivity contribution in [3.05, 3.63) is 12.2 Å². The van der Waals surface area contributed by atoms with Crippen molar-refractivity contribution in [2.45, 2.75) is 31.4 Å². The number of carbonyl (C=O) groups excluding carboxylic acids is 1. The van der Waals surface area contributed by atoms with Gasteiger partial charge >= 0.3 is 0 Å². The molecule has 0 saturated carbocycles. The fourth-order valence-electron chi connectivity index (χ4n) is 1.92. The number of carbonyl (C=O) groups is 1. The van der Waals surface area contributed by atoms with Crippen LogP contribution in [0.4, 0.5) is 0 Å². The van der Waals surface area contributed by atoms with Crippen molar-refractivity contribution >= 4 is 5.91 Å². The Morgan fingerprint density at radius 2 is 2.08 bits per heavy atom. The molecule has 66 valence electrons. The molecule has 2 rings (SSSR count). The Morgan fingerprint density at radius 3 is 2.58 bits per heavy atom. The normalized spacial score (nSPS) is 30.6. The average Bonchev–Trinajstić information content (AvgIpc) is 2.58. The van der Waals surface area contributed by atoms with E-state index in [4.69, 9.17) is 0 Å². The van der Waals surface area contributed by atoms with Crippen LogP contribution in [0, 0.1) is 0 Å². The van der Waals surface area contributed by atoms with Gasteiger partial charge in [0.15, 0.2) is 0 Å². The zero-order chi connectivity index (χ0) is 8.55. The summed E-state index contributed by atoms with van der Waals surface area (Å²) in [6, 6.07) is 0.328. The summed E-state index contributed by atoms with van der Waals surface area (Å²) in [7, 11) is 0. The standard InChI is InChI=1S/C9H13NO2/c11-8-5-9(12)10(6-8)7-3-1-2-4-7/h1-2,7-8,11H,3-6H2. The van der Waals surface area contributed by atoms with Crippen LogP contribution in [0.15, 0.2) is 12.2 Å². The Kier molecular flexibility index (Phi) is 1.89. The highest BCUT2D eigenvalue weighted by Gasteiger charge is 2.33. The molecule has 2 aliphatic rings. The van der Waals surface area contributed by atoms with E-state index in [0.717, 1.165) is 12.8 Å². The minimum atomic E-state index is -0.432. The van der Waals surface area contributed by atoms with Crippen molar-refractivity contribution in [2.75, 3.05) is 6.54 Å². The van der Waals surface area contributed by atoms with Crippen LogP contribution in [0.1, 0.15) is 19.3 Å². The first-order chi connectivity index (χ1) is 5.77. The third kappa shape index (κ3) is 1.25. The average molecular weight is 167 g/mol. The van der Waals surface area contributed by atoms with Gasteiger partial charge in [0.2, 0.25) is 5.91 Å². The molecule has 0 aromatic rings. The van der Waals surface area contributed by atoms with E-state index in [1.54, 1.807) is 0 Å². The molecule has 0 aromatic heterocycles. The monoisotopic (exact) mass is 167 g/mol. The zero-order valence-corrected chi connectivity index (χ0v) is 6.94. The number of aliphatic hydroxyl groups is 1. The fourth-order valence-corrected chi connectivity index (χ4v) is 1.92. The smallest absolute Gasteiger partial charge is 0.225 e. The van der Waals surface area contributed by atoms with Gasteiger partial charge in [-0.25, -0.2) is 0 Å². The molecule has 1 heterocycles. The topological polar surface area (TPSA) is 40.5 Å². The summed E-state index contributed by atoms with van der Waals surface area (Å²) in [5.41, 5.74) is 0. The molecule has 1 N–H and O–H groups in total. The van der Waals surface area contributed by atoms with Crippen molar-refractivity contribution in [1.29, 1.82) is 0 Å². The van der Waals surface area contributed by atoms with E-state index in [2.05, 4.69) is 12.2 Å². The quantitative estimate of drug-likeness (QED) is 0.570. The van der Waals surface area contributed by atoms with E-state index in [1.807, 2.05) is 4.90 Å². The molecule has 3 nitrogen and oxygen atoms in total. The van der Waals surface area contributed by atoms with Gasteiger partial charge in [-0.3, -0.25) is 4.79 Å². The van der Waals surface area contributed by atoms with E-state index in [0.29, 0.717) is 19.0 Å². The molecule has 1 aliphatic heterocycles. The number of hydrogen-bond donors (Lipinski definition) is 1. The molecule has 0 aromatic carbocycles. The summed E-state index contributed by atoms with van der Waals surface area (Å²) in [6.07, 6.45) is 6.00. The van der Waals surface area contributed by atoms with Crippen LogP contribution in [-0.2, 0) is 4.79 Å². The summed E-state index contributed by atoms with van der Waals surface area (Å²) < 4.78 is 0. The van der Waals surface area contributed by atoms with Gasteiger partial charge in [-0.05, 0) is 12.8 Å². The molecule has 3 heteroatoms. The number of hydrogen-bond acceptors (Lipinski definition) is 2. The minimum absolute atomic E-state index is 0.108. The summed E-state index contributed by atoms with van der Waals surface area (Å²) in [4.78, 5) is 13.1. The van der Waals surface area contributed by atoms with E-state index in [9.17, 15) is 9.90 Å². The first kappa shape index (κ1) is 7.80. The third-order valence-corrected chi connectivity index (χ3v) is 2.56. The lowest BCUT2D eigenvalue weighted by Crippen LogP contribution is -2.35. The molecule has 1 fully saturated rings. The Morgan fingerprint density at radius 1 is 1.42 bits per heavy atom. The van der Waals surface area contributed by atoms with Gasteiger partial charge < -0.3 is 10.0 Å². The summed E-state index contributed by atoms with van der Waals surface area (Å²) in [5.74, 6) is 0.108. The van der Waals surface area contributed by atoms with E-state index in [1.165, 1.54) is 0 Å². The van der Waals surface area contributed by atoms with Crippen LogP contribution in [0.3, 0.4) is 0 Å². The molecule has 0 spiro atoms. The Hall–Kier alpha value is -0.830. The summed E-state index contributed by atoms with van der Waals surface area (Å²) in [5, 5.41) is 9.25. The number of rotatable bonds is 1. The second-order valence-corrected chi connectivity index (χ2v) is 3.50. The largest absolute Gasteiger partial charge is 0.391 e. The molecular weight excluding hydrogens is 154 g/mol. The van der Waals surface area contributed by atoms with Gasteiger partial charge in [-0.1, -0.05) is 12.2 Å². The summed E-state index contributed by atoms with van der Waals surface area (Å²) in [6.45, 7) is 0.533. The maximum Gasteiger partial charge on any atom is 0.225 e. The van der Waals surface area contributed by atoms with Gasteiger partial charge in [0.05, 0.1) is 12.5 Å². The second kappa shape index (κ2) is 2.90. The van der Waals surface area contributed by atoms with Crippen LogP contribution < -0.4 is 0 Å². The maximum atomic E-state index is 11.3. The molecule has 1 amide bonds. The van der Waals surface area contributed by atoms with Gasteiger partial charge in [-0.15, -0.1) is 0 Å². The van der Waals surface area contributed by atoms with Crippen molar-refractivity contribution in [2.24, 2.45) is 0 Å². The van der Waals surface area contributed by atoms with Gasteiger partial charge in [0.1, 0.15) is 0 Å². The molecule has 0 radical (unpaired) electrons. The number of likely N-dealkylation sites (tertiary alicyclic amines) is 1. The number of amides is 1. The fraction of sp³-hybridized carbons (Fsp3) is 0.667. The highest BCUT2D eigenvalue weighted by molar-refractivity contribution is 5.79. The molecule has 0 bridgehead atoms. The molecule has 1 atom stereocenters. The SMILES string of the molecule is O=C1CC(O)CN1C1CC=CC1. The highest BCUT2D eigenvalue weighted by Crippen LogP contribution is 2.22. The van der Waals surface area contributed by atoms with Gasteiger partial charge in [0, 0.05) is 12.6 Å². The van der Waals surface area contributed by atoms with Crippen LogP contribution in [0.25, 0.3) is 0 Å². The predicted molar refractivity (Wildman–Crippen MR) is 44.5 cm³/mol. The van der Waals surface area contributed by atoms with Crippen molar-refractivity contribution in [3.63, 3.8) is 0 Å². The van der Waals surface area contributed by atoms with Crippen LogP contribution in [0.2, 0.25) is 0 Å². The van der Waals surface area contributed by atoms with Gasteiger partial charge in [0.25, 0.3) is 0 Å². The number of nitrogens with zero attached hydrogens (tertiary/aromatic N) is 1. The molecule has 12 heavy (non-hydrogen) atoms. The van der Waals surface area contributed by atoms with E-state index < -0.39 is 6.10 Å². The third-order valence-electron chi connectivity index (χ3n) is 2.56. The second-order valence-electron chi connectivity index (χ2n) is 3.50. The van der Waals surface area contributed by atoms with E-state index >= 15 is 0 Å². The maximum absolute atomic E-state index is 11.3. The lowest BCUT2D eigenvalue weighted by Gasteiger charge is -2.23. The van der Waals surface area contributed by atoms with Crippen molar-refractivity contribution in [1.82, 2.24) is 4.90 Å². The molecule has 1 saturated heterocycles. The zero-order valence-electron chi connectivity index (χ0n) is 6.94. The molecule has 1 aliphatic carbocycles. The summed E-state index contributed by atoms with van der Waals surface area (Å²) >= 11 is 0. The predicted octanol–water partition coefficient (Wildman–Crippen LogP) is 0.298.